The van der Waals surface area contributed by atoms with Gasteiger partial charge in [0.15, 0.2) is 0 Å². The lowest BCUT2D eigenvalue weighted by molar-refractivity contribution is 0.568. The summed E-state index contributed by atoms with van der Waals surface area (Å²) in [5.74, 6) is 0. The van der Waals surface area contributed by atoms with Gasteiger partial charge < -0.3 is 19.8 Å². The maximum Gasteiger partial charge on any atom is 0.118 e. The highest BCUT2D eigenvalue weighted by Crippen LogP contribution is 2.57. The van der Waals surface area contributed by atoms with Crippen LogP contribution in [0.5, 0.6) is 0 Å². The fourth-order valence-electron chi connectivity index (χ4n) is 9.96. The lowest BCUT2D eigenvalue weighted by atomic mass is 9.73. The van der Waals surface area contributed by atoms with E-state index in [9.17, 15) is 0 Å². The van der Waals surface area contributed by atoms with Crippen molar-refractivity contribution < 1.29 is 0 Å². The third-order valence-corrected chi connectivity index (χ3v) is 12.3. The summed E-state index contributed by atoms with van der Waals surface area (Å²) in [5.41, 5.74) is 17.4. The molecule has 12 rings (SSSR count). The number of fused-ring (bicyclic) bond motifs is 9. The molecule has 0 bridgehead atoms. The molecule has 0 spiro atoms. The topological polar surface area (TPSA) is 46.8 Å². The number of para-hydroxylation sites is 3. The Bertz CT molecular complexity index is 3110. The van der Waals surface area contributed by atoms with Crippen molar-refractivity contribution in [3.63, 3.8) is 0 Å². The van der Waals surface area contributed by atoms with Crippen LogP contribution >= 0.6 is 0 Å². The highest BCUT2D eigenvalue weighted by Gasteiger charge is 2.52. The summed E-state index contributed by atoms with van der Waals surface area (Å²) in [7, 11) is 0. The summed E-state index contributed by atoms with van der Waals surface area (Å²) in [4.78, 5) is 5.06. The van der Waals surface area contributed by atoms with Crippen LogP contribution in [0.2, 0.25) is 0 Å². The van der Waals surface area contributed by atoms with E-state index in [1.165, 1.54) is 77.5 Å². The van der Waals surface area contributed by atoms with Crippen molar-refractivity contribution in [2.75, 3.05) is 6.54 Å². The van der Waals surface area contributed by atoms with Crippen molar-refractivity contribution in [2.45, 2.75) is 12.0 Å². The molecule has 0 fully saturated rings. The van der Waals surface area contributed by atoms with Gasteiger partial charge in [0.1, 0.15) is 5.41 Å². The molecule has 0 radical (unpaired) electrons. The molecule has 57 heavy (non-hydrogen) atoms. The number of nitrogens with one attached hydrogen (secondary N) is 2. The average molecular weight is 732 g/mol. The Balaban J connectivity index is 0.980. The van der Waals surface area contributed by atoms with Crippen molar-refractivity contribution in [2.24, 2.45) is 0 Å². The van der Waals surface area contributed by atoms with Crippen molar-refractivity contribution in [1.82, 2.24) is 24.8 Å². The molecule has 5 nitrogen and oxygen atoms in total. The van der Waals surface area contributed by atoms with Gasteiger partial charge >= 0.3 is 0 Å². The molecule has 1 atom stereocenters. The Morgan fingerprint density at radius 3 is 1.79 bits per heavy atom. The number of allylic oxidation sites excluding steroid dienone is 2. The van der Waals surface area contributed by atoms with Crippen LogP contribution in [0.1, 0.15) is 28.1 Å². The first kappa shape index (κ1) is 31.9. The van der Waals surface area contributed by atoms with Crippen molar-refractivity contribution >= 4 is 38.3 Å². The Morgan fingerprint density at radius 1 is 0.544 bits per heavy atom. The largest absolute Gasteiger partial charge is 0.383 e. The fourth-order valence-corrected chi connectivity index (χ4v) is 9.96. The first-order valence-corrected chi connectivity index (χ1v) is 19.7. The molecule has 270 valence electrons. The third-order valence-electron chi connectivity index (χ3n) is 12.3. The molecular weight excluding hydrogens is 695 g/mol. The van der Waals surface area contributed by atoms with E-state index in [0.29, 0.717) is 6.54 Å². The summed E-state index contributed by atoms with van der Waals surface area (Å²) in [6.45, 7) is 1.46. The van der Waals surface area contributed by atoms with E-state index in [0.717, 1.165) is 29.3 Å². The van der Waals surface area contributed by atoms with Gasteiger partial charge in [-0.1, -0.05) is 121 Å². The highest BCUT2D eigenvalue weighted by molar-refractivity contribution is 6.09. The Labute approximate surface area is 330 Å². The van der Waals surface area contributed by atoms with E-state index in [1.54, 1.807) is 0 Å². The summed E-state index contributed by atoms with van der Waals surface area (Å²) < 4.78 is 4.83. The van der Waals surface area contributed by atoms with E-state index in [2.05, 4.69) is 196 Å². The molecule has 5 heteroatoms. The van der Waals surface area contributed by atoms with Gasteiger partial charge in [0.2, 0.25) is 0 Å². The van der Waals surface area contributed by atoms with Crippen LogP contribution in [-0.2, 0) is 12.0 Å². The average Bonchev–Trinajstić information content (AvgIpc) is 3.92. The van der Waals surface area contributed by atoms with Gasteiger partial charge in [0, 0.05) is 62.8 Å². The minimum atomic E-state index is -0.600. The molecule has 3 aromatic heterocycles. The number of pyridine rings is 1. The minimum Gasteiger partial charge on any atom is -0.383 e. The predicted molar refractivity (Wildman–Crippen MR) is 233 cm³/mol. The second-order valence-electron chi connectivity index (χ2n) is 15.1. The van der Waals surface area contributed by atoms with Crippen molar-refractivity contribution in [3.8, 4) is 22.5 Å². The summed E-state index contributed by atoms with van der Waals surface area (Å²) in [6.07, 6.45) is 8.48. The van der Waals surface area contributed by atoms with Gasteiger partial charge in [-0.15, -0.1) is 0 Å². The van der Waals surface area contributed by atoms with E-state index < -0.39 is 5.41 Å². The van der Waals surface area contributed by atoms with Crippen LogP contribution in [0.25, 0.3) is 60.8 Å². The number of hydrogen-bond acceptors (Lipinski definition) is 3. The second-order valence-corrected chi connectivity index (χ2v) is 15.1. The van der Waals surface area contributed by atoms with Gasteiger partial charge in [-0.05, 0) is 82.9 Å². The smallest absolute Gasteiger partial charge is 0.118 e. The van der Waals surface area contributed by atoms with E-state index >= 15 is 0 Å². The molecule has 5 heterocycles. The zero-order valence-electron chi connectivity index (χ0n) is 31.2. The molecule has 1 unspecified atom stereocenters. The molecule has 3 aliphatic rings. The van der Waals surface area contributed by atoms with Gasteiger partial charge in [0.25, 0.3) is 0 Å². The monoisotopic (exact) mass is 731 g/mol. The molecule has 2 aliphatic heterocycles. The van der Waals surface area contributed by atoms with Gasteiger partial charge in [-0.3, -0.25) is 4.98 Å². The van der Waals surface area contributed by atoms with Crippen LogP contribution in [0.15, 0.2) is 200 Å². The first-order valence-electron chi connectivity index (χ1n) is 19.7. The number of aromatic nitrogens is 3. The first-order chi connectivity index (χ1) is 28.3. The van der Waals surface area contributed by atoms with E-state index in [1.807, 2.05) is 12.3 Å². The normalized spacial score (nSPS) is 16.9. The zero-order valence-corrected chi connectivity index (χ0v) is 31.2. The number of benzene rings is 6. The van der Waals surface area contributed by atoms with E-state index in [-0.39, 0.29) is 0 Å². The van der Waals surface area contributed by atoms with Crippen molar-refractivity contribution in [3.05, 3.63) is 228 Å². The van der Waals surface area contributed by atoms with Crippen molar-refractivity contribution in [1.29, 1.82) is 0 Å². The Morgan fingerprint density at radius 2 is 1.14 bits per heavy atom. The zero-order chi connectivity index (χ0) is 37.5. The molecule has 0 amide bonds. The maximum atomic E-state index is 5.06. The maximum absolute atomic E-state index is 5.06. The van der Waals surface area contributed by atoms with Gasteiger partial charge in [-0.25, -0.2) is 0 Å². The standard InChI is InChI=1S/C52H37N5/c1-5-17-42-40(15-1)50-49-41-16-4-8-20-45(41)57(46(49)33-55-51(50)52(42,47-21-9-11-31-53-47)48-22-10-12-32-54-48)37-29-25-35(26-30-37)34-23-27-36(28-24-34)56-43-18-6-2-13-38(43)39-14-3-7-19-44(39)56/h1-31,54-55H,32-33H2. The van der Waals surface area contributed by atoms with Crippen LogP contribution in [-0.4, -0.2) is 20.7 Å². The Hall–Kier alpha value is -7.37. The molecule has 0 saturated heterocycles. The van der Waals surface area contributed by atoms with Crippen LogP contribution in [0.3, 0.4) is 0 Å². The number of dihydropyridines is 1. The highest BCUT2D eigenvalue weighted by atomic mass is 15.1. The second kappa shape index (κ2) is 12.3. The molecule has 9 aromatic rings. The number of hydrogen-bond donors (Lipinski definition) is 2. The van der Waals surface area contributed by atoms with Crippen LogP contribution in [0.4, 0.5) is 0 Å². The summed E-state index contributed by atoms with van der Waals surface area (Å²) >= 11 is 0. The number of nitrogens with zero attached hydrogens (tertiary/aromatic N) is 3. The Kier molecular flexibility index (Phi) is 6.90. The lowest BCUT2D eigenvalue weighted by Crippen LogP contribution is -2.43. The fraction of sp³-hybridized carbons (Fsp3) is 0.0577. The minimum absolute atomic E-state index is 0.600. The molecular formula is C52H37N5. The molecule has 6 aromatic carbocycles. The summed E-state index contributed by atoms with van der Waals surface area (Å²) in [5, 5.41) is 11.6. The quantitative estimate of drug-likeness (QED) is 0.185. The molecule has 0 saturated carbocycles. The van der Waals surface area contributed by atoms with Gasteiger partial charge in [-0.2, -0.15) is 0 Å². The lowest BCUT2D eigenvalue weighted by Gasteiger charge is -2.38. The molecule has 2 N–H and O–H groups in total. The number of rotatable bonds is 5. The molecule has 1 aliphatic carbocycles. The van der Waals surface area contributed by atoms with E-state index in [4.69, 9.17) is 4.98 Å². The third kappa shape index (κ3) is 4.48. The van der Waals surface area contributed by atoms with Crippen LogP contribution < -0.4 is 10.6 Å². The van der Waals surface area contributed by atoms with Gasteiger partial charge in [0.05, 0.1) is 34.5 Å². The SMILES string of the molecule is C1=CCNC(C2(c3ccccn3)C3=C(c4ccccc42)c2c(n(-c4ccc(-c5ccc(-n6c7ccccc7c7ccccc76)cc5)cc4)c4ccccc24)CN3)=C1. The van der Waals surface area contributed by atoms with Crippen LogP contribution in [0, 0.1) is 0 Å². The predicted octanol–water partition coefficient (Wildman–Crippen LogP) is 11.0. The summed E-state index contributed by atoms with van der Waals surface area (Å²) in [6, 6.07) is 59.5.